The summed E-state index contributed by atoms with van der Waals surface area (Å²) in [4.78, 5) is 10.6. The van der Waals surface area contributed by atoms with Crippen molar-refractivity contribution in [2.45, 2.75) is 12.3 Å². The molecule has 0 aliphatic carbocycles. The van der Waals surface area contributed by atoms with Crippen LogP contribution in [0.5, 0.6) is 0 Å². The van der Waals surface area contributed by atoms with Crippen LogP contribution in [0.15, 0.2) is 12.4 Å². The zero-order chi connectivity index (χ0) is 8.39. The molecule has 0 spiro atoms. The molecule has 1 aromatic rings. The minimum absolute atomic E-state index is 0.439. The molecule has 64 valence electrons. The summed E-state index contributed by atoms with van der Waals surface area (Å²) in [6, 6.07) is 0. The van der Waals surface area contributed by atoms with Crippen LogP contribution in [-0.4, -0.2) is 23.1 Å². The van der Waals surface area contributed by atoms with E-state index in [4.69, 9.17) is 11.6 Å². The summed E-state index contributed by atoms with van der Waals surface area (Å²) < 4.78 is 0. The van der Waals surface area contributed by atoms with Gasteiger partial charge in [-0.1, -0.05) is 0 Å². The van der Waals surface area contributed by atoms with Crippen LogP contribution in [0, 0.1) is 0 Å². The van der Waals surface area contributed by atoms with Gasteiger partial charge in [-0.15, -0.1) is 11.6 Å². The zero-order valence-electron chi connectivity index (χ0n) is 6.70. The molecule has 2 rings (SSSR count). The molecule has 1 aromatic heterocycles. The van der Waals surface area contributed by atoms with E-state index in [1.807, 2.05) is 0 Å². The molecule has 0 unspecified atom stereocenters. The van der Waals surface area contributed by atoms with Crippen molar-refractivity contribution in [1.82, 2.24) is 9.97 Å². The molecule has 0 atom stereocenters. The summed E-state index contributed by atoms with van der Waals surface area (Å²) in [5.74, 6) is 1.40. The second-order valence-corrected chi connectivity index (χ2v) is 3.11. The summed E-state index contributed by atoms with van der Waals surface area (Å²) >= 11 is 5.64. The van der Waals surface area contributed by atoms with Crippen molar-refractivity contribution >= 4 is 17.4 Å². The van der Waals surface area contributed by atoms with Gasteiger partial charge in [0.15, 0.2) is 0 Å². The number of halogens is 1. The topological polar surface area (TPSA) is 29.0 Å². The molecule has 1 saturated heterocycles. The van der Waals surface area contributed by atoms with Crippen molar-refractivity contribution in [1.29, 1.82) is 0 Å². The van der Waals surface area contributed by atoms with Crippen LogP contribution >= 0.6 is 11.6 Å². The number of hydrogen-bond acceptors (Lipinski definition) is 3. The van der Waals surface area contributed by atoms with E-state index in [1.165, 1.54) is 6.42 Å². The van der Waals surface area contributed by atoms with Crippen molar-refractivity contribution < 1.29 is 0 Å². The maximum Gasteiger partial charge on any atom is 0.147 e. The number of anilines is 1. The molecular weight excluding hydrogens is 174 g/mol. The van der Waals surface area contributed by atoms with Crippen molar-refractivity contribution in [3.8, 4) is 0 Å². The minimum atomic E-state index is 0.439. The summed E-state index contributed by atoms with van der Waals surface area (Å²) in [6.07, 6.45) is 4.75. The third kappa shape index (κ3) is 1.37. The number of nitrogens with zero attached hydrogens (tertiary/aromatic N) is 3. The molecule has 0 bridgehead atoms. The molecule has 3 nitrogen and oxygen atoms in total. The van der Waals surface area contributed by atoms with E-state index in [0.29, 0.717) is 5.88 Å². The zero-order valence-corrected chi connectivity index (χ0v) is 7.46. The monoisotopic (exact) mass is 183 g/mol. The average molecular weight is 184 g/mol. The van der Waals surface area contributed by atoms with Crippen LogP contribution in [0.4, 0.5) is 5.82 Å². The van der Waals surface area contributed by atoms with Crippen molar-refractivity contribution in [2.75, 3.05) is 18.0 Å². The fourth-order valence-electron chi connectivity index (χ4n) is 1.16. The fraction of sp³-hybridized carbons (Fsp3) is 0.500. The van der Waals surface area contributed by atoms with Crippen LogP contribution in [0.25, 0.3) is 0 Å². The molecule has 12 heavy (non-hydrogen) atoms. The van der Waals surface area contributed by atoms with E-state index in [-0.39, 0.29) is 0 Å². The maximum absolute atomic E-state index is 5.64. The van der Waals surface area contributed by atoms with E-state index in [1.54, 1.807) is 12.4 Å². The summed E-state index contributed by atoms with van der Waals surface area (Å²) in [5, 5.41) is 0. The molecule has 1 aliphatic heterocycles. The first-order chi connectivity index (χ1) is 5.90. The highest BCUT2D eigenvalue weighted by atomic mass is 35.5. The highest BCUT2D eigenvalue weighted by Crippen LogP contribution is 2.16. The van der Waals surface area contributed by atoms with Gasteiger partial charge in [0, 0.05) is 19.3 Å². The lowest BCUT2D eigenvalue weighted by Gasteiger charge is -2.31. The predicted octanol–water partition coefficient (Wildman–Crippen LogP) is 1.43. The second-order valence-electron chi connectivity index (χ2n) is 2.84. The Morgan fingerprint density at radius 2 is 2.25 bits per heavy atom. The number of alkyl halides is 1. The van der Waals surface area contributed by atoms with Crippen molar-refractivity contribution in [2.24, 2.45) is 0 Å². The first-order valence-corrected chi connectivity index (χ1v) is 4.55. The van der Waals surface area contributed by atoms with Gasteiger partial charge in [0.2, 0.25) is 0 Å². The summed E-state index contributed by atoms with van der Waals surface area (Å²) in [7, 11) is 0. The quantitative estimate of drug-likeness (QED) is 0.650. The first-order valence-electron chi connectivity index (χ1n) is 4.02. The van der Waals surface area contributed by atoms with E-state index < -0.39 is 0 Å². The van der Waals surface area contributed by atoms with Gasteiger partial charge < -0.3 is 4.90 Å². The van der Waals surface area contributed by atoms with Crippen LogP contribution in [0.2, 0.25) is 0 Å². The van der Waals surface area contributed by atoms with Crippen LogP contribution in [-0.2, 0) is 5.88 Å². The van der Waals surface area contributed by atoms with Gasteiger partial charge in [0.05, 0.1) is 17.8 Å². The Morgan fingerprint density at radius 3 is 2.83 bits per heavy atom. The Bertz CT molecular complexity index is 273. The normalized spacial score (nSPS) is 15.9. The molecule has 1 aliphatic rings. The van der Waals surface area contributed by atoms with E-state index in [9.17, 15) is 0 Å². The molecule has 0 amide bonds. The van der Waals surface area contributed by atoms with Crippen LogP contribution in [0.1, 0.15) is 12.1 Å². The van der Waals surface area contributed by atoms with Crippen molar-refractivity contribution in [3.05, 3.63) is 18.1 Å². The number of aromatic nitrogens is 2. The lowest BCUT2D eigenvalue weighted by atomic mass is 10.2. The standard InChI is InChI=1S/C8H10ClN3/c9-4-7-5-10-6-8(11-7)12-2-1-3-12/h5-6H,1-4H2. The third-order valence-electron chi connectivity index (χ3n) is 1.99. The SMILES string of the molecule is ClCc1cncc(N2CCC2)n1. The van der Waals surface area contributed by atoms with Gasteiger partial charge in [0.1, 0.15) is 5.82 Å². The second kappa shape index (κ2) is 3.27. The van der Waals surface area contributed by atoms with E-state index >= 15 is 0 Å². The molecule has 0 aromatic carbocycles. The fourth-order valence-corrected chi connectivity index (χ4v) is 1.29. The van der Waals surface area contributed by atoms with E-state index in [0.717, 1.165) is 24.6 Å². The highest BCUT2D eigenvalue weighted by Gasteiger charge is 2.15. The van der Waals surface area contributed by atoms with Gasteiger partial charge in [-0.05, 0) is 6.42 Å². The van der Waals surface area contributed by atoms with Gasteiger partial charge in [0.25, 0.3) is 0 Å². The van der Waals surface area contributed by atoms with Crippen LogP contribution < -0.4 is 4.90 Å². The highest BCUT2D eigenvalue weighted by molar-refractivity contribution is 6.16. The molecule has 2 heterocycles. The Labute approximate surface area is 76.4 Å². The van der Waals surface area contributed by atoms with Gasteiger partial charge in [-0.2, -0.15) is 0 Å². The van der Waals surface area contributed by atoms with Crippen LogP contribution in [0.3, 0.4) is 0 Å². The molecule has 4 heteroatoms. The average Bonchev–Trinajstić information content (AvgIpc) is 2.02. The molecule has 0 radical (unpaired) electrons. The molecule has 0 saturated carbocycles. The summed E-state index contributed by atoms with van der Waals surface area (Å²) in [5.41, 5.74) is 0.848. The first kappa shape index (κ1) is 7.80. The summed E-state index contributed by atoms with van der Waals surface area (Å²) in [6.45, 7) is 2.20. The Kier molecular flexibility index (Phi) is 2.13. The Hall–Kier alpha value is -0.830. The van der Waals surface area contributed by atoms with Gasteiger partial charge in [-0.25, -0.2) is 4.98 Å². The molecule has 1 fully saturated rings. The number of hydrogen-bond donors (Lipinski definition) is 0. The third-order valence-corrected chi connectivity index (χ3v) is 2.26. The Balaban J connectivity index is 2.19. The van der Waals surface area contributed by atoms with Gasteiger partial charge in [-0.3, -0.25) is 4.98 Å². The van der Waals surface area contributed by atoms with E-state index in [2.05, 4.69) is 14.9 Å². The largest absolute Gasteiger partial charge is 0.355 e. The number of rotatable bonds is 2. The molecular formula is C8H10ClN3. The predicted molar refractivity (Wildman–Crippen MR) is 48.4 cm³/mol. The maximum atomic E-state index is 5.64. The molecule has 0 N–H and O–H groups in total. The minimum Gasteiger partial charge on any atom is -0.355 e. The van der Waals surface area contributed by atoms with Crippen molar-refractivity contribution in [3.63, 3.8) is 0 Å². The lowest BCUT2D eigenvalue weighted by Crippen LogP contribution is -2.37. The smallest absolute Gasteiger partial charge is 0.147 e. The lowest BCUT2D eigenvalue weighted by molar-refractivity contribution is 0.607. The Morgan fingerprint density at radius 1 is 1.42 bits per heavy atom. The van der Waals surface area contributed by atoms with Gasteiger partial charge >= 0.3 is 0 Å².